The summed E-state index contributed by atoms with van der Waals surface area (Å²) in [6.45, 7) is 12.1. The molecule has 130 valence electrons. The molecule has 0 spiro atoms. The van der Waals surface area contributed by atoms with E-state index >= 15 is 0 Å². The molecule has 0 radical (unpaired) electrons. The zero-order valence-electron chi connectivity index (χ0n) is 15.6. The maximum absolute atomic E-state index is 13.0. The smallest absolute Gasteiger partial charge is 0.256 e. The molecule has 0 saturated heterocycles. The maximum Gasteiger partial charge on any atom is 0.256 e. The van der Waals surface area contributed by atoms with Crippen LogP contribution in [0.25, 0.3) is 11.0 Å². The number of nitrogens with zero attached hydrogens (tertiary/aromatic N) is 3. The molecular formula is C20H24N4O. The van der Waals surface area contributed by atoms with E-state index in [0.29, 0.717) is 5.56 Å². The molecule has 0 aliphatic carbocycles. The average molecular weight is 336 g/mol. The molecule has 0 aliphatic heterocycles. The van der Waals surface area contributed by atoms with E-state index in [1.165, 1.54) is 5.56 Å². The number of rotatable bonds is 3. The van der Waals surface area contributed by atoms with Crippen molar-refractivity contribution in [2.45, 2.75) is 47.6 Å². The number of amides is 1. The van der Waals surface area contributed by atoms with Gasteiger partial charge in [0.2, 0.25) is 0 Å². The summed E-state index contributed by atoms with van der Waals surface area (Å²) in [5, 5.41) is 8.26. The van der Waals surface area contributed by atoms with Crippen LogP contribution in [-0.2, 0) is 0 Å². The van der Waals surface area contributed by atoms with Crippen molar-refractivity contribution in [1.82, 2.24) is 14.8 Å². The van der Waals surface area contributed by atoms with Gasteiger partial charge >= 0.3 is 0 Å². The molecule has 3 rings (SSSR count). The third-order valence-electron chi connectivity index (χ3n) is 4.34. The SMILES string of the molecule is Cc1cc(C)c(NC(=O)c2cc(C)nc3c2cnn3C(C)C)c(C)c1. The Morgan fingerprint density at radius 2 is 1.72 bits per heavy atom. The van der Waals surface area contributed by atoms with Gasteiger partial charge in [-0.1, -0.05) is 17.7 Å². The molecule has 2 heterocycles. The standard InChI is InChI=1S/C20H24N4O/c1-11(2)24-19-17(10-21-24)16(9-15(6)22-19)20(25)23-18-13(4)7-12(3)8-14(18)5/h7-11H,1-6H3,(H,23,25). The number of nitrogens with one attached hydrogen (secondary N) is 1. The summed E-state index contributed by atoms with van der Waals surface area (Å²) in [5.74, 6) is -0.131. The Morgan fingerprint density at radius 3 is 2.32 bits per heavy atom. The molecule has 2 aromatic heterocycles. The molecule has 5 heteroatoms. The van der Waals surface area contributed by atoms with Gasteiger partial charge in [-0.05, 0) is 58.7 Å². The Bertz CT molecular complexity index is 946. The zero-order chi connectivity index (χ0) is 18.3. The largest absolute Gasteiger partial charge is 0.321 e. The minimum atomic E-state index is -0.131. The Morgan fingerprint density at radius 1 is 1.08 bits per heavy atom. The van der Waals surface area contributed by atoms with Crippen LogP contribution in [0.15, 0.2) is 24.4 Å². The van der Waals surface area contributed by atoms with Gasteiger partial charge in [0.15, 0.2) is 5.65 Å². The van der Waals surface area contributed by atoms with Crippen molar-refractivity contribution in [2.75, 3.05) is 5.32 Å². The lowest BCUT2D eigenvalue weighted by molar-refractivity contribution is 0.102. The van der Waals surface area contributed by atoms with Crippen LogP contribution in [0.2, 0.25) is 0 Å². The summed E-state index contributed by atoms with van der Waals surface area (Å²) in [5.41, 5.74) is 6.34. The van der Waals surface area contributed by atoms with Crippen molar-refractivity contribution in [3.05, 3.63) is 52.3 Å². The number of hydrogen-bond donors (Lipinski definition) is 1. The van der Waals surface area contributed by atoms with Crippen LogP contribution in [0, 0.1) is 27.7 Å². The predicted molar refractivity (Wildman–Crippen MR) is 101 cm³/mol. The second-order valence-corrected chi connectivity index (χ2v) is 6.96. The van der Waals surface area contributed by atoms with Gasteiger partial charge in [0, 0.05) is 17.4 Å². The highest BCUT2D eigenvalue weighted by Crippen LogP contribution is 2.25. The Hall–Kier alpha value is -2.69. The normalized spacial score (nSPS) is 11.3. The first-order valence-electron chi connectivity index (χ1n) is 8.52. The highest BCUT2D eigenvalue weighted by molar-refractivity contribution is 6.12. The summed E-state index contributed by atoms with van der Waals surface area (Å²) < 4.78 is 1.85. The summed E-state index contributed by atoms with van der Waals surface area (Å²) in [6.07, 6.45) is 1.73. The molecule has 1 N–H and O–H groups in total. The molecular weight excluding hydrogens is 312 g/mol. The van der Waals surface area contributed by atoms with Gasteiger partial charge in [0.1, 0.15) is 0 Å². The first kappa shape index (κ1) is 17.1. The van der Waals surface area contributed by atoms with Crippen molar-refractivity contribution < 1.29 is 4.79 Å². The van der Waals surface area contributed by atoms with Crippen LogP contribution in [0.5, 0.6) is 0 Å². The van der Waals surface area contributed by atoms with Crippen LogP contribution in [0.3, 0.4) is 0 Å². The van der Waals surface area contributed by atoms with E-state index in [-0.39, 0.29) is 11.9 Å². The van der Waals surface area contributed by atoms with E-state index in [1.807, 2.05) is 31.5 Å². The maximum atomic E-state index is 13.0. The summed E-state index contributed by atoms with van der Waals surface area (Å²) in [6, 6.07) is 6.16. The number of aromatic nitrogens is 3. The molecule has 0 aliphatic rings. The van der Waals surface area contributed by atoms with Gasteiger partial charge in [-0.15, -0.1) is 0 Å². The molecule has 0 unspecified atom stereocenters. The summed E-state index contributed by atoms with van der Waals surface area (Å²) in [7, 11) is 0. The average Bonchev–Trinajstić information content (AvgIpc) is 2.93. The number of carbonyl (C=O) groups is 1. The van der Waals surface area contributed by atoms with Crippen LogP contribution in [-0.4, -0.2) is 20.7 Å². The predicted octanol–water partition coefficient (Wildman–Crippen LogP) is 4.50. The third-order valence-corrected chi connectivity index (χ3v) is 4.34. The van der Waals surface area contributed by atoms with E-state index < -0.39 is 0 Å². The molecule has 3 aromatic rings. The number of anilines is 1. The number of fused-ring (bicyclic) bond motifs is 1. The molecule has 5 nitrogen and oxygen atoms in total. The monoisotopic (exact) mass is 336 g/mol. The second-order valence-electron chi connectivity index (χ2n) is 6.96. The number of hydrogen-bond acceptors (Lipinski definition) is 3. The van der Waals surface area contributed by atoms with Crippen LogP contribution in [0.4, 0.5) is 5.69 Å². The van der Waals surface area contributed by atoms with Gasteiger partial charge in [-0.25, -0.2) is 9.67 Å². The lowest BCUT2D eigenvalue weighted by atomic mass is 10.0. The van der Waals surface area contributed by atoms with Crippen LogP contribution in [0.1, 0.15) is 52.6 Å². The van der Waals surface area contributed by atoms with Crippen molar-refractivity contribution in [3.63, 3.8) is 0 Å². The van der Waals surface area contributed by atoms with Gasteiger partial charge in [-0.3, -0.25) is 4.79 Å². The lowest BCUT2D eigenvalue weighted by Crippen LogP contribution is -2.15. The van der Waals surface area contributed by atoms with Crippen LogP contribution < -0.4 is 5.32 Å². The van der Waals surface area contributed by atoms with Crippen LogP contribution >= 0.6 is 0 Å². The zero-order valence-corrected chi connectivity index (χ0v) is 15.6. The highest BCUT2D eigenvalue weighted by atomic mass is 16.1. The van der Waals surface area contributed by atoms with Crippen molar-refractivity contribution >= 4 is 22.6 Å². The molecule has 0 fully saturated rings. The molecule has 1 amide bonds. The number of carbonyl (C=O) groups excluding carboxylic acids is 1. The quantitative estimate of drug-likeness (QED) is 0.766. The van der Waals surface area contributed by atoms with Crippen molar-refractivity contribution in [1.29, 1.82) is 0 Å². The van der Waals surface area contributed by atoms with Crippen molar-refractivity contribution in [2.24, 2.45) is 0 Å². The summed E-state index contributed by atoms with van der Waals surface area (Å²) in [4.78, 5) is 17.5. The van der Waals surface area contributed by atoms with E-state index in [2.05, 4.69) is 48.3 Å². The second kappa shape index (κ2) is 6.31. The van der Waals surface area contributed by atoms with E-state index in [9.17, 15) is 4.79 Å². The van der Waals surface area contributed by atoms with E-state index in [4.69, 9.17) is 0 Å². The summed E-state index contributed by atoms with van der Waals surface area (Å²) >= 11 is 0. The van der Waals surface area contributed by atoms with Gasteiger partial charge in [0.05, 0.1) is 17.1 Å². The fourth-order valence-electron chi connectivity index (χ4n) is 3.27. The number of aryl methyl sites for hydroxylation is 4. The first-order chi connectivity index (χ1) is 11.8. The van der Waals surface area contributed by atoms with Gasteiger partial charge in [0.25, 0.3) is 5.91 Å². The Labute approximate surface area is 148 Å². The fraction of sp³-hybridized carbons (Fsp3) is 0.350. The molecule has 1 aromatic carbocycles. The first-order valence-corrected chi connectivity index (χ1v) is 8.52. The van der Waals surface area contributed by atoms with E-state index in [1.54, 1.807) is 6.20 Å². The minimum Gasteiger partial charge on any atom is -0.321 e. The Kier molecular flexibility index (Phi) is 4.33. The van der Waals surface area contributed by atoms with E-state index in [0.717, 1.165) is 33.5 Å². The third kappa shape index (κ3) is 3.14. The number of pyridine rings is 1. The topological polar surface area (TPSA) is 59.8 Å². The fourth-order valence-corrected chi connectivity index (χ4v) is 3.27. The van der Waals surface area contributed by atoms with Gasteiger partial charge < -0.3 is 5.32 Å². The van der Waals surface area contributed by atoms with Gasteiger partial charge in [-0.2, -0.15) is 5.10 Å². The molecule has 25 heavy (non-hydrogen) atoms. The Balaban J connectivity index is 2.06. The number of benzene rings is 1. The molecule has 0 atom stereocenters. The molecule has 0 saturated carbocycles. The minimum absolute atomic E-state index is 0.131. The molecule has 0 bridgehead atoms. The van der Waals surface area contributed by atoms with Crippen molar-refractivity contribution in [3.8, 4) is 0 Å². The lowest BCUT2D eigenvalue weighted by Gasteiger charge is -2.14. The highest BCUT2D eigenvalue weighted by Gasteiger charge is 2.18.